The molecule has 1 fully saturated rings. The van der Waals surface area contributed by atoms with Crippen LogP contribution in [0.15, 0.2) is 24.3 Å². The maximum atomic E-state index is 5.82. The van der Waals surface area contributed by atoms with E-state index in [2.05, 4.69) is 36.9 Å². The van der Waals surface area contributed by atoms with Crippen molar-refractivity contribution in [2.45, 2.75) is 19.8 Å². The molecule has 1 aliphatic heterocycles. The van der Waals surface area contributed by atoms with E-state index in [9.17, 15) is 0 Å². The van der Waals surface area contributed by atoms with E-state index >= 15 is 0 Å². The van der Waals surface area contributed by atoms with Crippen LogP contribution in [0.1, 0.15) is 25.3 Å². The third kappa shape index (κ3) is 4.00. The van der Waals surface area contributed by atoms with Crippen LogP contribution in [-0.4, -0.2) is 44.4 Å². The van der Waals surface area contributed by atoms with Crippen molar-refractivity contribution in [3.8, 4) is 5.75 Å². The molecule has 3 nitrogen and oxygen atoms in total. The Morgan fingerprint density at radius 1 is 1.28 bits per heavy atom. The average Bonchev–Trinajstić information content (AvgIpc) is 2.40. The number of nitrogens with zero attached hydrogens (tertiary/aromatic N) is 1. The van der Waals surface area contributed by atoms with E-state index in [1.54, 1.807) is 0 Å². The van der Waals surface area contributed by atoms with Crippen LogP contribution in [0.25, 0.3) is 0 Å². The van der Waals surface area contributed by atoms with Gasteiger partial charge in [0.05, 0.1) is 13.2 Å². The molecule has 1 saturated heterocycles. The second-order valence-electron chi connectivity index (χ2n) is 5.03. The van der Waals surface area contributed by atoms with Crippen LogP contribution in [0.2, 0.25) is 0 Å². The van der Waals surface area contributed by atoms with Crippen molar-refractivity contribution in [2.24, 2.45) is 0 Å². The molecule has 1 aromatic carbocycles. The molecular weight excluding hydrogens is 226 g/mol. The summed E-state index contributed by atoms with van der Waals surface area (Å²) in [6, 6.07) is 8.40. The van der Waals surface area contributed by atoms with Crippen molar-refractivity contribution < 1.29 is 9.47 Å². The minimum absolute atomic E-state index is 0.549. The molecule has 3 heteroatoms. The fourth-order valence-electron chi connectivity index (χ4n) is 2.08. The van der Waals surface area contributed by atoms with Crippen LogP contribution in [0.3, 0.4) is 0 Å². The quantitative estimate of drug-likeness (QED) is 0.800. The Kier molecular flexibility index (Phi) is 5.02. The van der Waals surface area contributed by atoms with E-state index in [4.69, 9.17) is 9.47 Å². The van der Waals surface area contributed by atoms with Gasteiger partial charge >= 0.3 is 0 Å². The molecule has 1 heterocycles. The van der Waals surface area contributed by atoms with Gasteiger partial charge in [-0.1, -0.05) is 26.0 Å². The molecule has 0 unspecified atom stereocenters. The van der Waals surface area contributed by atoms with E-state index in [0.29, 0.717) is 5.92 Å². The molecule has 100 valence electrons. The van der Waals surface area contributed by atoms with Crippen LogP contribution in [0, 0.1) is 0 Å². The SMILES string of the molecule is CC(C)c1cccc(OCCN2CCOCC2)c1. The van der Waals surface area contributed by atoms with Gasteiger partial charge in [0.2, 0.25) is 0 Å². The van der Waals surface area contributed by atoms with Gasteiger partial charge in [-0.25, -0.2) is 0 Å². The van der Waals surface area contributed by atoms with Gasteiger partial charge in [0.25, 0.3) is 0 Å². The van der Waals surface area contributed by atoms with E-state index < -0.39 is 0 Å². The lowest BCUT2D eigenvalue weighted by atomic mass is 10.0. The summed E-state index contributed by atoms with van der Waals surface area (Å²) in [6.07, 6.45) is 0. The van der Waals surface area contributed by atoms with Crippen molar-refractivity contribution in [1.82, 2.24) is 4.90 Å². The molecule has 1 aromatic rings. The maximum absolute atomic E-state index is 5.82. The number of hydrogen-bond donors (Lipinski definition) is 0. The lowest BCUT2D eigenvalue weighted by molar-refractivity contribution is 0.0322. The number of ether oxygens (including phenoxy) is 2. The van der Waals surface area contributed by atoms with Crippen LogP contribution < -0.4 is 4.74 Å². The van der Waals surface area contributed by atoms with Gasteiger partial charge in [0.1, 0.15) is 12.4 Å². The first-order chi connectivity index (χ1) is 8.75. The van der Waals surface area contributed by atoms with Gasteiger partial charge < -0.3 is 9.47 Å². The predicted molar refractivity (Wildman–Crippen MR) is 73.3 cm³/mol. The summed E-state index contributed by atoms with van der Waals surface area (Å²) in [5.41, 5.74) is 1.33. The first-order valence-corrected chi connectivity index (χ1v) is 6.78. The molecule has 0 spiro atoms. The smallest absolute Gasteiger partial charge is 0.119 e. The van der Waals surface area contributed by atoms with Gasteiger partial charge in [-0.2, -0.15) is 0 Å². The zero-order valence-corrected chi connectivity index (χ0v) is 11.4. The Balaban J connectivity index is 1.77. The molecular formula is C15H23NO2. The second-order valence-corrected chi connectivity index (χ2v) is 5.03. The fourth-order valence-corrected chi connectivity index (χ4v) is 2.08. The normalized spacial score (nSPS) is 17.1. The van der Waals surface area contributed by atoms with E-state index in [0.717, 1.165) is 45.2 Å². The summed E-state index contributed by atoms with van der Waals surface area (Å²) in [7, 11) is 0. The summed E-state index contributed by atoms with van der Waals surface area (Å²) in [5, 5.41) is 0. The maximum Gasteiger partial charge on any atom is 0.119 e. The Labute approximate surface area is 110 Å². The molecule has 0 radical (unpaired) electrons. The minimum Gasteiger partial charge on any atom is -0.492 e. The predicted octanol–water partition coefficient (Wildman–Crippen LogP) is 2.52. The highest BCUT2D eigenvalue weighted by Gasteiger charge is 2.09. The van der Waals surface area contributed by atoms with Crippen LogP contribution in [0.5, 0.6) is 5.75 Å². The number of rotatable bonds is 5. The van der Waals surface area contributed by atoms with Crippen LogP contribution in [-0.2, 0) is 4.74 Å². The Morgan fingerprint density at radius 3 is 2.78 bits per heavy atom. The highest BCUT2D eigenvalue weighted by molar-refractivity contribution is 5.30. The molecule has 0 saturated carbocycles. The fraction of sp³-hybridized carbons (Fsp3) is 0.600. The van der Waals surface area contributed by atoms with Gasteiger partial charge in [0.15, 0.2) is 0 Å². The molecule has 0 aromatic heterocycles. The number of morpholine rings is 1. The van der Waals surface area contributed by atoms with Crippen molar-refractivity contribution >= 4 is 0 Å². The van der Waals surface area contributed by atoms with E-state index in [1.165, 1.54) is 5.56 Å². The van der Waals surface area contributed by atoms with Crippen molar-refractivity contribution in [1.29, 1.82) is 0 Å². The molecule has 0 atom stereocenters. The summed E-state index contributed by atoms with van der Waals surface area (Å²) < 4.78 is 11.1. The van der Waals surface area contributed by atoms with Crippen molar-refractivity contribution in [2.75, 3.05) is 39.5 Å². The third-order valence-corrected chi connectivity index (χ3v) is 3.30. The second kappa shape index (κ2) is 6.76. The molecule has 1 aliphatic rings. The minimum atomic E-state index is 0.549. The van der Waals surface area contributed by atoms with Crippen molar-refractivity contribution in [3.63, 3.8) is 0 Å². The number of hydrogen-bond acceptors (Lipinski definition) is 3. The van der Waals surface area contributed by atoms with Gasteiger partial charge in [-0.3, -0.25) is 4.90 Å². The third-order valence-electron chi connectivity index (χ3n) is 3.30. The van der Waals surface area contributed by atoms with Gasteiger partial charge in [0, 0.05) is 19.6 Å². The van der Waals surface area contributed by atoms with Crippen LogP contribution in [0.4, 0.5) is 0 Å². The summed E-state index contributed by atoms with van der Waals surface area (Å²) in [6.45, 7) is 9.88. The lowest BCUT2D eigenvalue weighted by Gasteiger charge is -2.26. The number of benzene rings is 1. The summed E-state index contributed by atoms with van der Waals surface area (Å²) in [4.78, 5) is 2.38. The highest BCUT2D eigenvalue weighted by Crippen LogP contribution is 2.20. The Bertz CT molecular complexity index is 359. The molecule has 0 N–H and O–H groups in total. The highest BCUT2D eigenvalue weighted by atomic mass is 16.5. The molecule has 0 bridgehead atoms. The van der Waals surface area contributed by atoms with E-state index in [-0.39, 0.29) is 0 Å². The molecule has 18 heavy (non-hydrogen) atoms. The first kappa shape index (κ1) is 13.4. The largest absolute Gasteiger partial charge is 0.492 e. The van der Waals surface area contributed by atoms with E-state index in [1.807, 2.05) is 6.07 Å². The lowest BCUT2D eigenvalue weighted by Crippen LogP contribution is -2.38. The first-order valence-electron chi connectivity index (χ1n) is 6.78. The molecule has 2 rings (SSSR count). The topological polar surface area (TPSA) is 21.7 Å². The van der Waals surface area contributed by atoms with Crippen molar-refractivity contribution in [3.05, 3.63) is 29.8 Å². The van der Waals surface area contributed by atoms with Gasteiger partial charge in [-0.05, 0) is 23.6 Å². The zero-order valence-electron chi connectivity index (χ0n) is 11.4. The molecule has 0 amide bonds. The van der Waals surface area contributed by atoms with Gasteiger partial charge in [-0.15, -0.1) is 0 Å². The summed E-state index contributed by atoms with van der Waals surface area (Å²) in [5.74, 6) is 1.53. The standard InChI is InChI=1S/C15H23NO2/c1-13(2)14-4-3-5-15(12-14)18-11-8-16-6-9-17-10-7-16/h3-5,12-13H,6-11H2,1-2H3. The summed E-state index contributed by atoms with van der Waals surface area (Å²) >= 11 is 0. The van der Waals surface area contributed by atoms with Crippen LogP contribution >= 0.6 is 0 Å². The Hall–Kier alpha value is -1.06. The molecule has 0 aliphatic carbocycles. The Morgan fingerprint density at radius 2 is 2.06 bits per heavy atom. The zero-order chi connectivity index (χ0) is 12.8. The average molecular weight is 249 g/mol. The monoisotopic (exact) mass is 249 g/mol.